The number of hydrogen-bond acceptors (Lipinski definition) is 6. The van der Waals surface area contributed by atoms with Crippen molar-refractivity contribution in [2.45, 2.75) is 18.2 Å². The maximum Gasteiger partial charge on any atom is 0.285 e. The minimum atomic E-state index is -3.67. The van der Waals surface area contributed by atoms with Crippen LogP contribution < -0.4 is 10.0 Å². The Morgan fingerprint density at radius 3 is 2.46 bits per heavy atom. The van der Waals surface area contributed by atoms with Crippen molar-refractivity contribution in [3.8, 4) is 0 Å². The van der Waals surface area contributed by atoms with E-state index < -0.39 is 20.9 Å². The van der Waals surface area contributed by atoms with Crippen LogP contribution in [0.1, 0.15) is 22.3 Å². The molecule has 0 aliphatic rings. The number of hydrogen-bond donors (Lipinski definition) is 2. The number of nitrogens with zero attached hydrogens (tertiary/aromatic N) is 1. The van der Waals surface area contributed by atoms with Crippen LogP contribution in [0.5, 0.6) is 0 Å². The van der Waals surface area contributed by atoms with E-state index in [2.05, 4.69) is 10.0 Å². The molecule has 2 aromatic carbocycles. The number of aryl methyl sites for hydroxylation is 1. The molecule has 0 unspecified atom stereocenters. The quantitative estimate of drug-likeness (QED) is 0.373. The van der Waals surface area contributed by atoms with Crippen LogP contribution in [0.2, 0.25) is 0 Å². The zero-order chi connectivity index (χ0) is 20.7. The number of carbonyl (C=O) groups is 1. The number of benzene rings is 2. The lowest BCUT2D eigenvalue weighted by atomic mass is 10.1. The summed E-state index contributed by atoms with van der Waals surface area (Å²) in [5.74, 6) is -0.649. The SMILES string of the molecule is COCCCNS(=O)(=O)c1ccc(NC(=O)c2cccc(C)c2[N+](=O)[O-])cc1. The molecular formula is C18H21N3O6S. The van der Waals surface area contributed by atoms with E-state index in [0.29, 0.717) is 24.3 Å². The maximum atomic E-state index is 12.4. The second-order valence-corrected chi connectivity index (χ2v) is 7.72. The molecule has 0 aliphatic heterocycles. The van der Waals surface area contributed by atoms with Crippen molar-refractivity contribution in [3.63, 3.8) is 0 Å². The van der Waals surface area contributed by atoms with Crippen molar-refractivity contribution >= 4 is 27.3 Å². The number of nitrogens with one attached hydrogen (secondary N) is 2. The Kier molecular flexibility index (Phi) is 7.21. The van der Waals surface area contributed by atoms with E-state index in [-0.39, 0.29) is 22.7 Å². The number of anilines is 1. The average Bonchev–Trinajstić information content (AvgIpc) is 2.65. The van der Waals surface area contributed by atoms with Crippen LogP contribution in [0.25, 0.3) is 0 Å². The Bertz CT molecular complexity index is 958. The van der Waals surface area contributed by atoms with Crippen LogP contribution in [-0.4, -0.2) is 39.5 Å². The first-order chi connectivity index (χ1) is 13.3. The molecule has 0 atom stereocenters. The highest BCUT2D eigenvalue weighted by atomic mass is 32.2. The smallest absolute Gasteiger partial charge is 0.285 e. The predicted octanol–water partition coefficient (Wildman–Crippen LogP) is 2.47. The number of carbonyl (C=O) groups excluding carboxylic acids is 1. The molecule has 0 heterocycles. The van der Waals surface area contributed by atoms with Gasteiger partial charge in [0.1, 0.15) is 5.56 Å². The minimum absolute atomic E-state index is 0.0458. The molecule has 0 bridgehead atoms. The summed E-state index contributed by atoms with van der Waals surface area (Å²) in [5.41, 5.74) is 0.360. The first-order valence-electron chi connectivity index (χ1n) is 8.40. The molecule has 0 aromatic heterocycles. The lowest BCUT2D eigenvalue weighted by Gasteiger charge is -2.09. The molecule has 0 radical (unpaired) electrons. The number of methoxy groups -OCH3 is 1. The molecule has 0 saturated carbocycles. The van der Waals surface area contributed by atoms with E-state index in [0.717, 1.165) is 0 Å². The van der Waals surface area contributed by atoms with Crippen LogP contribution >= 0.6 is 0 Å². The summed E-state index contributed by atoms with van der Waals surface area (Å²) in [6, 6.07) is 10.0. The van der Waals surface area contributed by atoms with E-state index in [1.54, 1.807) is 19.1 Å². The van der Waals surface area contributed by atoms with Crippen molar-refractivity contribution in [3.05, 3.63) is 63.7 Å². The van der Waals surface area contributed by atoms with Crippen molar-refractivity contribution in [1.82, 2.24) is 4.72 Å². The monoisotopic (exact) mass is 407 g/mol. The van der Waals surface area contributed by atoms with Crippen LogP contribution in [0.15, 0.2) is 47.4 Å². The summed E-state index contributed by atoms with van der Waals surface area (Å²) in [5, 5.41) is 13.8. The van der Waals surface area contributed by atoms with E-state index in [4.69, 9.17) is 4.74 Å². The van der Waals surface area contributed by atoms with E-state index in [1.165, 1.54) is 37.4 Å². The molecule has 2 N–H and O–H groups in total. The number of amides is 1. The standard InChI is InChI=1S/C18H21N3O6S/c1-13-5-3-6-16(17(13)21(23)24)18(22)20-14-7-9-15(10-8-14)28(25,26)19-11-4-12-27-2/h3,5-10,19H,4,11-12H2,1-2H3,(H,20,22). The zero-order valence-corrected chi connectivity index (χ0v) is 16.3. The number of nitro benzene ring substituents is 1. The van der Waals surface area contributed by atoms with Gasteiger partial charge in [0.15, 0.2) is 0 Å². The molecule has 0 spiro atoms. The molecule has 28 heavy (non-hydrogen) atoms. The second-order valence-electron chi connectivity index (χ2n) is 5.95. The fourth-order valence-electron chi connectivity index (χ4n) is 2.51. The topological polar surface area (TPSA) is 128 Å². The number of para-hydroxylation sites is 1. The average molecular weight is 407 g/mol. The van der Waals surface area contributed by atoms with Crippen LogP contribution in [0, 0.1) is 17.0 Å². The Labute approximate surface area is 162 Å². The number of sulfonamides is 1. The number of nitro groups is 1. The van der Waals surface area contributed by atoms with E-state index >= 15 is 0 Å². The predicted molar refractivity (Wildman–Crippen MR) is 104 cm³/mol. The van der Waals surface area contributed by atoms with Gasteiger partial charge in [0.2, 0.25) is 10.0 Å². The Hall–Kier alpha value is -2.82. The third-order valence-corrected chi connectivity index (χ3v) is 5.38. The molecule has 9 nitrogen and oxygen atoms in total. The summed E-state index contributed by atoms with van der Waals surface area (Å²) < 4.78 is 31.7. The van der Waals surface area contributed by atoms with Crippen LogP contribution in [-0.2, 0) is 14.8 Å². The third kappa shape index (κ3) is 5.35. The van der Waals surface area contributed by atoms with Gasteiger partial charge in [-0.05, 0) is 43.7 Å². The normalized spacial score (nSPS) is 11.2. The first kappa shape index (κ1) is 21.5. The van der Waals surface area contributed by atoms with Gasteiger partial charge in [0.05, 0.1) is 9.82 Å². The zero-order valence-electron chi connectivity index (χ0n) is 15.5. The van der Waals surface area contributed by atoms with Gasteiger partial charge in [-0.3, -0.25) is 14.9 Å². The van der Waals surface area contributed by atoms with Gasteiger partial charge >= 0.3 is 0 Å². The number of ether oxygens (including phenoxy) is 1. The Morgan fingerprint density at radius 2 is 1.86 bits per heavy atom. The molecular weight excluding hydrogens is 386 g/mol. The van der Waals surface area contributed by atoms with E-state index in [9.17, 15) is 23.3 Å². The maximum absolute atomic E-state index is 12.4. The first-order valence-corrected chi connectivity index (χ1v) is 9.88. The molecule has 0 aliphatic carbocycles. The lowest BCUT2D eigenvalue weighted by molar-refractivity contribution is -0.385. The van der Waals surface area contributed by atoms with Crippen LogP contribution in [0.4, 0.5) is 11.4 Å². The van der Waals surface area contributed by atoms with Gasteiger partial charge in [0, 0.05) is 31.5 Å². The van der Waals surface area contributed by atoms with Crippen LogP contribution in [0.3, 0.4) is 0 Å². The van der Waals surface area contributed by atoms with Gasteiger partial charge in [-0.1, -0.05) is 12.1 Å². The van der Waals surface area contributed by atoms with E-state index in [1.807, 2.05) is 0 Å². The number of rotatable bonds is 9. The lowest BCUT2D eigenvalue weighted by Crippen LogP contribution is -2.25. The molecule has 1 amide bonds. The van der Waals surface area contributed by atoms with Gasteiger partial charge in [-0.2, -0.15) is 0 Å². The van der Waals surface area contributed by atoms with Crippen molar-refractivity contribution in [2.24, 2.45) is 0 Å². The van der Waals surface area contributed by atoms with Gasteiger partial charge < -0.3 is 10.1 Å². The van der Waals surface area contributed by atoms with Crippen molar-refractivity contribution in [2.75, 3.05) is 25.6 Å². The highest BCUT2D eigenvalue weighted by Crippen LogP contribution is 2.24. The summed E-state index contributed by atoms with van der Waals surface area (Å²) in [7, 11) is -2.13. The fourth-order valence-corrected chi connectivity index (χ4v) is 3.58. The Morgan fingerprint density at radius 1 is 1.18 bits per heavy atom. The van der Waals surface area contributed by atoms with Gasteiger partial charge in [0.25, 0.3) is 11.6 Å². The summed E-state index contributed by atoms with van der Waals surface area (Å²) >= 11 is 0. The molecule has 0 saturated heterocycles. The van der Waals surface area contributed by atoms with Crippen molar-refractivity contribution in [1.29, 1.82) is 0 Å². The largest absolute Gasteiger partial charge is 0.385 e. The highest BCUT2D eigenvalue weighted by Gasteiger charge is 2.22. The molecule has 0 fully saturated rings. The summed E-state index contributed by atoms with van der Waals surface area (Å²) in [6.45, 7) is 2.23. The highest BCUT2D eigenvalue weighted by molar-refractivity contribution is 7.89. The molecule has 2 aromatic rings. The molecule has 10 heteroatoms. The van der Waals surface area contributed by atoms with Gasteiger partial charge in [-0.25, -0.2) is 13.1 Å². The minimum Gasteiger partial charge on any atom is -0.385 e. The Balaban J connectivity index is 2.12. The fraction of sp³-hybridized carbons (Fsp3) is 0.278. The van der Waals surface area contributed by atoms with Gasteiger partial charge in [-0.15, -0.1) is 0 Å². The summed E-state index contributed by atoms with van der Waals surface area (Å²) in [4.78, 5) is 23.1. The third-order valence-electron chi connectivity index (χ3n) is 3.90. The molecule has 150 valence electrons. The van der Waals surface area contributed by atoms with Crippen molar-refractivity contribution < 1.29 is 22.9 Å². The second kappa shape index (κ2) is 9.40. The summed E-state index contributed by atoms with van der Waals surface area (Å²) in [6.07, 6.45) is 0.541. The molecule has 2 rings (SSSR count).